The molecule has 0 saturated carbocycles. The Morgan fingerprint density at radius 1 is 1.12 bits per heavy atom. The number of rotatable bonds is 6. The van der Waals surface area contributed by atoms with Gasteiger partial charge in [0, 0.05) is 24.8 Å². The Labute approximate surface area is 162 Å². The van der Waals surface area contributed by atoms with E-state index >= 15 is 0 Å². The van der Waals surface area contributed by atoms with Crippen molar-refractivity contribution in [1.29, 1.82) is 0 Å². The SMILES string of the molecule is C[C@@H](Oc1ccc(Cl)cc1Cl)C(=O)Nc1ccc(S(=O)(=O)N(C)C)cc1. The van der Waals surface area contributed by atoms with E-state index in [0.717, 1.165) is 4.31 Å². The predicted octanol–water partition coefficient (Wildman–Crippen LogP) is 3.65. The molecule has 0 aliphatic carbocycles. The maximum absolute atomic E-state index is 12.3. The number of ether oxygens (including phenoxy) is 1. The Morgan fingerprint density at radius 2 is 1.73 bits per heavy atom. The highest BCUT2D eigenvalue weighted by Gasteiger charge is 2.19. The van der Waals surface area contributed by atoms with Gasteiger partial charge in [-0.25, -0.2) is 12.7 Å². The molecule has 0 spiro atoms. The molecule has 0 saturated heterocycles. The second kappa shape index (κ2) is 8.26. The van der Waals surface area contributed by atoms with Gasteiger partial charge in [-0.1, -0.05) is 23.2 Å². The summed E-state index contributed by atoms with van der Waals surface area (Å²) >= 11 is 11.8. The van der Waals surface area contributed by atoms with E-state index in [0.29, 0.717) is 21.5 Å². The van der Waals surface area contributed by atoms with Crippen LogP contribution in [-0.2, 0) is 14.8 Å². The van der Waals surface area contributed by atoms with Gasteiger partial charge in [0.2, 0.25) is 10.0 Å². The number of carbonyl (C=O) groups excluding carboxylic acids is 1. The lowest BCUT2D eigenvalue weighted by Gasteiger charge is -2.16. The molecule has 0 radical (unpaired) electrons. The minimum absolute atomic E-state index is 0.137. The highest BCUT2D eigenvalue weighted by atomic mass is 35.5. The van der Waals surface area contributed by atoms with Gasteiger partial charge in [0.25, 0.3) is 5.91 Å². The Morgan fingerprint density at radius 3 is 2.27 bits per heavy atom. The lowest BCUT2D eigenvalue weighted by atomic mass is 10.3. The first-order chi connectivity index (χ1) is 12.1. The van der Waals surface area contributed by atoms with E-state index in [1.54, 1.807) is 19.1 Å². The van der Waals surface area contributed by atoms with E-state index in [-0.39, 0.29) is 4.90 Å². The van der Waals surface area contributed by atoms with Gasteiger partial charge in [-0.2, -0.15) is 0 Å². The van der Waals surface area contributed by atoms with Crippen LogP contribution in [0.5, 0.6) is 5.75 Å². The quantitative estimate of drug-likeness (QED) is 0.779. The van der Waals surface area contributed by atoms with Crippen molar-refractivity contribution in [2.45, 2.75) is 17.9 Å². The Balaban J connectivity index is 2.05. The summed E-state index contributed by atoms with van der Waals surface area (Å²) in [4.78, 5) is 12.4. The molecule has 2 aromatic carbocycles. The summed E-state index contributed by atoms with van der Waals surface area (Å²) in [5.74, 6) is -0.0645. The summed E-state index contributed by atoms with van der Waals surface area (Å²) in [6.07, 6.45) is -0.821. The molecule has 0 aliphatic rings. The van der Waals surface area contributed by atoms with Crippen LogP contribution in [0.3, 0.4) is 0 Å². The molecule has 2 aromatic rings. The van der Waals surface area contributed by atoms with Gasteiger partial charge in [-0.15, -0.1) is 0 Å². The first kappa shape index (κ1) is 20.5. The molecule has 0 heterocycles. The third-order valence-corrected chi connectivity index (χ3v) is 5.83. The zero-order chi connectivity index (χ0) is 19.5. The lowest BCUT2D eigenvalue weighted by Crippen LogP contribution is -2.30. The van der Waals surface area contributed by atoms with Crippen LogP contribution in [-0.4, -0.2) is 38.8 Å². The minimum atomic E-state index is -3.52. The zero-order valence-corrected chi connectivity index (χ0v) is 16.7. The van der Waals surface area contributed by atoms with Gasteiger partial charge >= 0.3 is 0 Å². The Kier molecular flexibility index (Phi) is 6.52. The van der Waals surface area contributed by atoms with Crippen LogP contribution in [0.1, 0.15) is 6.92 Å². The highest BCUT2D eigenvalue weighted by molar-refractivity contribution is 7.89. The summed E-state index contributed by atoms with van der Waals surface area (Å²) in [6.45, 7) is 1.57. The predicted molar refractivity (Wildman–Crippen MR) is 102 cm³/mol. The van der Waals surface area contributed by atoms with Crippen LogP contribution in [0.2, 0.25) is 10.0 Å². The van der Waals surface area contributed by atoms with Crippen molar-refractivity contribution in [1.82, 2.24) is 4.31 Å². The van der Waals surface area contributed by atoms with E-state index in [1.807, 2.05) is 0 Å². The van der Waals surface area contributed by atoms with Crippen molar-refractivity contribution in [2.24, 2.45) is 0 Å². The molecule has 6 nitrogen and oxygen atoms in total. The number of halogens is 2. The van der Waals surface area contributed by atoms with Crippen molar-refractivity contribution in [3.63, 3.8) is 0 Å². The van der Waals surface area contributed by atoms with Gasteiger partial charge in [0.15, 0.2) is 6.10 Å². The number of nitrogens with one attached hydrogen (secondary N) is 1. The molecule has 0 bridgehead atoms. The summed E-state index contributed by atoms with van der Waals surface area (Å²) in [7, 11) is -0.616. The average Bonchev–Trinajstić information content (AvgIpc) is 2.57. The number of hydrogen-bond donors (Lipinski definition) is 1. The fraction of sp³-hybridized carbons (Fsp3) is 0.235. The monoisotopic (exact) mass is 416 g/mol. The third-order valence-electron chi connectivity index (χ3n) is 3.47. The third kappa shape index (κ3) is 4.88. The molecular weight excluding hydrogens is 399 g/mol. The minimum Gasteiger partial charge on any atom is -0.479 e. The largest absolute Gasteiger partial charge is 0.479 e. The van der Waals surface area contributed by atoms with Gasteiger partial charge < -0.3 is 10.1 Å². The van der Waals surface area contributed by atoms with Gasteiger partial charge in [0.05, 0.1) is 9.92 Å². The fourth-order valence-corrected chi connectivity index (χ4v) is 3.33. The molecule has 0 unspecified atom stereocenters. The topological polar surface area (TPSA) is 75.7 Å². The number of anilines is 1. The number of benzene rings is 2. The fourth-order valence-electron chi connectivity index (χ4n) is 1.98. The highest BCUT2D eigenvalue weighted by Crippen LogP contribution is 2.28. The smallest absolute Gasteiger partial charge is 0.265 e. The number of hydrogen-bond acceptors (Lipinski definition) is 4. The van der Waals surface area contributed by atoms with E-state index < -0.39 is 22.0 Å². The molecule has 1 amide bonds. The van der Waals surface area contributed by atoms with Crippen LogP contribution in [0.15, 0.2) is 47.4 Å². The first-order valence-electron chi connectivity index (χ1n) is 7.56. The summed E-state index contributed by atoms with van der Waals surface area (Å²) < 4.78 is 30.7. The molecule has 0 aromatic heterocycles. The second-order valence-electron chi connectivity index (χ2n) is 5.64. The molecule has 140 valence electrons. The molecule has 2 rings (SSSR count). The first-order valence-corrected chi connectivity index (χ1v) is 9.76. The van der Waals surface area contributed by atoms with Crippen molar-refractivity contribution in [3.8, 4) is 5.75 Å². The van der Waals surface area contributed by atoms with Gasteiger partial charge in [-0.3, -0.25) is 4.79 Å². The Bertz CT molecular complexity index is 899. The average molecular weight is 417 g/mol. The van der Waals surface area contributed by atoms with E-state index in [4.69, 9.17) is 27.9 Å². The van der Waals surface area contributed by atoms with Crippen LogP contribution in [0.4, 0.5) is 5.69 Å². The van der Waals surface area contributed by atoms with E-state index in [1.165, 1.54) is 44.4 Å². The van der Waals surface area contributed by atoms with E-state index in [2.05, 4.69) is 5.32 Å². The molecule has 1 N–H and O–H groups in total. The molecule has 0 fully saturated rings. The number of carbonyl (C=O) groups is 1. The molecule has 26 heavy (non-hydrogen) atoms. The summed E-state index contributed by atoms with van der Waals surface area (Å²) in [5, 5.41) is 3.43. The number of sulfonamides is 1. The molecule has 1 atom stereocenters. The van der Waals surface area contributed by atoms with Gasteiger partial charge in [0.1, 0.15) is 5.75 Å². The van der Waals surface area contributed by atoms with Crippen molar-refractivity contribution < 1.29 is 17.9 Å². The Hall–Kier alpha value is -1.80. The van der Waals surface area contributed by atoms with Crippen LogP contribution in [0, 0.1) is 0 Å². The molecular formula is C17H18Cl2N2O4S. The lowest BCUT2D eigenvalue weighted by molar-refractivity contribution is -0.122. The van der Waals surface area contributed by atoms with Crippen molar-refractivity contribution in [3.05, 3.63) is 52.5 Å². The van der Waals surface area contributed by atoms with Crippen LogP contribution in [0.25, 0.3) is 0 Å². The van der Waals surface area contributed by atoms with Gasteiger partial charge in [-0.05, 0) is 49.4 Å². The summed E-state index contributed by atoms with van der Waals surface area (Å²) in [5.41, 5.74) is 0.449. The molecule has 0 aliphatic heterocycles. The standard InChI is InChI=1S/C17H18Cl2N2O4S/c1-11(25-16-9-4-12(18)10-15(16)19)17(22)20-13-5-7-14(8-6-13)26(23,24)21(2)3/h4-11H,1-3H3,(H,20,22)/t11-/m1/s1. The summed E-state index contributed by atoms with van der Waals surface area (Å²) in [6, 6.07) is 10.6. The van der Waals surface area contributed by atoms with Crippen molar-refractivity contribution in [2.75, 3.05) is 19.4 Å². The number of nitrogens with zero attached hydrogens (tertiary/aromatic N) is 1. The second-order valence-corrected chi connectivity index (χ2v) is 8.63. The normalized spacial score (nSPS) is 12.7. The van der Waals surface area contributed by atoms with E-state index in [9.17, 15) is 13.2 Å². The zero-order valence-electron chi connectivity index (χ0n) is 14.4. The van der Waals surface area contributed by atoms with Crippen molar-refractivity contribution >= 4 is 44.8 Å². The maximum Gasteiger partial charge on any atom is 0.265 e. The maximum atomic E-state index is 12.3. The molecule has 9 heteroatoms. The van der Waals surface area contributed by atoms with Crippen LogP contribution < -0.4 is 10.1 Å². The van der Waals surface area contributed by atoms with Crippen LogP contribution >= 0.6 is 23.2 Å². The number of amides is 1.